The second kappa shape index (κ2) is 6.47. The number of carbonyl (C=O) groups excluding carboxylic acids is 1. The maximum absolute atomic E-state index is 13.9. The average molecular weight is 370 g/mol. The third kappa shape index (κ3) is 3.00. The number of carbonyl (C=O) groups is 1. The van der Waals surface area contributed by atoms with Crippen LogP contribution in [0.15, 0.2) is 42.5 Å². The Kier molecular flexibility index (Phi) is 4.54. The van der Waals surface area contributed by atoms with Gasteiger partial charge in [0.1, 0.15) is 6.67 Å². The van der Waals surface area contributed by atoms with E-state index in [1.807, 2.05) is 0 Å². The molecule has 0 bridgehead atoms. The van der Waals surface area contributed by atoms with Crippen LogP contribution in [0.25, 0.3) is 0 Å². The van der Waals surface area contributed by atoms with Crippen molar-refractivity contribution in [3.8, 4) is 0 Å². The molecule has 3 N–H and O–H groups in total. The molecule has 1 atom stereocenters. The Labute approximate surface area is 148 Å². The third-order valence-corrected chi connectivity index (χ3v) is 4.28. The summed E-state index contributed by atoms with van der Waals surface area (Å²) in [6, 6.07) is 11.5. The molecule has 126 valence electrons. The molecule has 1 amide bonds. The molecule has 1 saturated heterocycles. The van der Waals surface area contributed by atoms with Gasteiger partial charge >= 0.3 is 6.09 Å². The van der Waals surface area contributed by atoms with Crippen molar-refractivity contribution in [2.24, 2.45) is 5.84 Å². The monoisotopic (exact) mass is 369 g/mol. The number of nitrogens with one attached hydrogen (secondary N) is 1. The van der Waals surface area contributed by atoms with Gasteiger partial charge in [-0.05, 0) is 36.4 Å². The van der Waals surface area contributed by atoms with Crippen LogP contribution >= 0.6 is 23.2 Å². The summed E-state index contributed by atoms with van der Waals surface area (Å²) in [5.41, 5.74) is 2.60. The lowest BCUT2D eigenvalue weighted by molar-refractivity contribution is 0.0323. The van der Waals surface area contributed by atoms with Crippen LogP contribution in [0.4, 0.5) is 20.6 Å². The Bertz CT molecular complexity index is 769. The van der Waals surface area contributed by atoms with E-state index in [0.29, 0.717) is 27.0 Å². The average Bonchev–Trinajstić information content (AvgIpc) is 2.92. The van der Waals surface area contributed by atoms with Crippen LogP contribution in [-0.2, 0) is 10.3 Å². The Morgan fingerprint density at radius 3 is 2.58 bits per heavy atom. The largest absolute Gasteiger partial charge is 0.433 e. The number of hydrogen-bond donors (Lipinski definition) is 2. The smallest absolute Gasteiger partial charge is 0.415 e. The lowest BCUT2D eigenvalue weighted by Crippen LogP contribution is -2.34. The van der Waals surface area contributed by atoms with E-state index in [9.17, 15) is 9.18 Å². The minimum absolute atomic E-state index is 0.00692. The number of cyclic esters (lactones) is 1. The molecule has 1 unspecified atom stereocenters. The van der Waals surface area contributed by atoms with Crippen LogP contribution in [0.5, 0.6) is 0 Å². The zero-order chi connectivity index (χ0) is 17.3. The summed E-state index contributed by atoms with van der Waals surface area (Å²) in [5, 5.41) is 0.684. The second-order valence-electron chi connectivity index (χ2n) is 5.43. The molecule has 2 aromatic rings. The molecule has 1 heterocycles. The normalized spacial score (nSPS) is 20.2. The first-order valence-corrected chi connectivity index (χ1v) is 7.83. The molecule has 1 fully saturated rings. The lowest BCUT2D eigenvalue weighted by Gasteiger charge is -2.24. The molecular formula is C16H14Cl2FN3O2. The van der Waals surface area contributed by atoms with Gasteiger partial charge in [0.25, 0.3) is 0 Å². The van der Waals surface area contributed by atoms with Crippen LogP contribution in [0, 0.1) is 0 Å². The summed E-state index contributed by atoms with van der Waals surface area (Å²) in [7, 11) is 0. The number of hydrazine groups is 1. The van der Waals surface area contributed by atoms with Gasteiger partial charge in [-0.3, -0.25) is 10.7 Å². The van der Waals surface area contributed by atoms with Gasteiger partial charge in [-0.1, -0.05) is 29.3 Å². The number of rotatable bonds is 4. The van der Waals surface area contributed by atoms with E-state index in [-0.39, 0.29) is 6.54 Å². The van der Waals surface area contributed by atoms with Crippen molar-refractivity contribution in [2.45, 2.75) is 5.60 Å². The predicted molar refractivity (Wildman–Crippen MR) is 92.2 cm³/mol. The van der Waals surface area contributed by atoms with Crippen molar-refractivity contribution in [2.75, 3.05) is 23.5 Å². The van der Waals surface area contributed by atoms with Crippen molar-refractivity contribution < 1.29 is 13.9 Å². The molecule has 0 aromatic heterocycles. The number of halogens is 3. The molecule has 0 spiro atoms. The molecule has 5 nitrogen and oxygen atoms in total. The maximum atomic E-state index is 13.9. The van der Waals surface area contributed by atoms with E-state index < -0.39 is 18.4 Å². The molecular weight excluding hydrogens is 356 g/mol. The van der Waals surface area contributed by atoms with Crippen LogP contribution in [0.2, 0.25) is 10.0 Å². The van der Waals surface area contributed by atoms with Crippen molar-refractivity contribution in [3.63, 3.8) is 0 Å². The van der Waals surface area contributed by atoms with Crippen molar-refractivity contribution in [3.05, 3.63) is 58.1 Å². The van der Waals surface area contributed by atoms with Crippen LogP contribution < -0.4 is 16.2 Å². The van der Waals surface area contributed by atoms with Gasteiger partial charge in [0.05, 0.1) is 12.2 Å². The Morgan fingerprint density at radius 2 is 1.96 bits per heavy atom. The molecule has 24 heavy (non-hydrogen) atoms. The number of nitrogen functional groups attached to an aromatic ring is 1. The first kappa shape index (κ1) is 16.8. The highest BCUT2D eigenvalue weighted by Crippen LogP contribution is 2.38. The topological polar surface area (TPSA) is 67.6 Å². The summed E-state index contributed by atoms with van der Waals surface area (Å²) in [4.78, 5) is 13.7. The number of benzene rings is 2. The highest BCUT2D eigenvalue weighted by Gasteiger charge is 2.47. The highest BCUT2D eigenvalue weighted by molar-refractivity contribution is 6.34. The first-order chi connectivity index (χ1) is 11.5. The second-order valence-corrected chi connectivity index (χ2v) is 6.31. The number of ether oxygens (including phenoxy) is 1. The zero-order valence-electron chi connectivity index (χ0n) is 12.4. The summed E-state index contributed by atoms with van der Waals surface area (Å²) in [6.07, 6.45) is -0.655. The number of alkyl halides is 1. The number of nitrogens with two attached hydrogens (primary N) is 1. The van der Waals surface area contributed by atoms with E-state index in [1.54, 1.807) is 36.4 Å². The minimum atomic E-state index is -1.46. The Morgan fingerprint density at radius 1 is 1.25 bits per heavy atom. The fourth-order valence-corrected chi connectivity index (χ4v) is 3.17. The molecule has 2 aromatic carbocycles. The van der Waals surface area contributed by atoms with Crippen molar-refractivity contribution >= 4 is 40.7 Å². The number of hydrogen-bond acceptors (Lipinski definition) is 4. The third-order valence-electron chi connectivity index (χ3n) is 3.85. The first-order valence-electron chi connectivity index (χ1n) is 7.07. The Balaban J connectivity index is 1.99. The zero-order valence-corrected chi connectivity index (χ0v) is 13.9. The van der Waals surface area contributed by atoms with Gasteiger partial charge in [-0.2, -0.15) is 0 Å². The van der Waals surface area contributed by atoms with E-state index in [0.717, 1.165) is 0 Å². The van der Waals surface area contributed by atoms with Gasteiger partial charge in [-0.25, -0.2) is 9.18 Å². The SMILES string of the molecule is NNc1cccc(N2CC(CF)(c3cc(Cl)cc(Cl)c3)OC2=O)c1. The maximum Gasteiger partial charge on any atom is 0.415 e. The summed E-state index contributed by atoms with van der Waals surface area (Å²) >= 11 is 12.0. The van der Waals surface area contributed by atoms with Crippen molar-refractivity contribution in [1.29, 1.82) is 0 Å². The predicted octanol–water partition coefficient (Wildman–Crippen LogP) is 4.10. The van der Waals surface area contributed by atoms with Gasteiger partial charge in [-0.15, -0.1) is 0 Å². The van der Waals surface area contributed by atoms with Gasteiger partial charge in [0.15, 0.2) is 5.60 Å². The van der Waals surface area contributed by atoms with E-state index in [4.69, 9.17) is 33.8 Å². The quantitative estimate of drug-likeness (QED) is 0.628. The van der Waals surface area contributed by atoms with E-state index >= 15 is 0 Å². The molecule has 0 radical (unpaired) electrons. The lowest BCUT2D eigenvalue weighted by atomic mass is 9.95. The standard InChI is InChI=1S/C16H14Cl2FN3O2/c17-11-4-10(5-12(18)6-11)16(8-19)9-22(15(23)24-16)14-3-1-2-13(7-14)21-20/h1-7,21H,8-9,20H2. The molecule has 3 rings (SSSR count). The van der Waals surface area contributed by atoms with Crippen molar-refractivity contribution in [1.82, 2.24) is 0 Å². The van der Waals surface area contributed by atoms with Gasteiger partial charge in [0, 0.05) is 21.3 Å². The number of amides is 1. The van der Waals surface area contributed by atoms with Crippen LogP contribution in [-0.4, -0.2) is 19.3 Å². The van der Waals surface area contributed by atoms with Gasteiger partial charge in [0.2, 0.25) is 0 Å². The van der Waals surface area contributed by atoms with E-state index in [1.165, 1.54) is 11.0 Å². The van der Waals surface area contributed by atoms with E-state index in [2.05, 4.69) is 5.43 Å². The number of nitrogens with zero attached hydrogens (tertiary/aromatic N) is 1. The van der Waals surface area contributed by atoms with Gasteiger partial charge < -0.3 is 10.2 Å². The summed E-state index contributed by atoms with van der Waals surface area (Å²) in [5.74, 6) is 5.38. The molecule has 0 saturated carbocycles. The fourth-order valence-electron chi connectivity index (χ4n) is 2.65. The highest BCUT2D eigenvalue weighted by atomic mass is 35.5. The minimum Gasteiger partial charge on any atom is -0.433 e. The van der Waals surface area contributed by atoms with Crippen LogP contribution in [0.1, 0.15) is 5.56 Å². The Hall–Kier alpha value is -2.02. The number of anilines is 2. The molecule has 1 aliphatic rings. The fraction of sp³-hybridized carbons (Fsp3) is 0.188. The summed E-state index contributed by atoms with van der Waals surface area (Å²) < 4.78 is 19.3. The molecule has 1 aliphatic heterocycles. The molecule has 8 heteroatoms. The van der Waals surface area contributed by atoms with Crippen LogP contribution in [0.3, 0.4) is 0 Å². The summed E-state index contributed by atoms with van der Waals surface area (Å²) in [6.45, 7) is -0.909. The molecule has 0 aliphatic carbocycles.